The molecule has 7 nitrogen and oxygen atoms in total. The number of nitrogens with one attached hydrogen (secondary N) is 2. The minimum absolute atomic E-state index is 0.0793. The fourth-order valence-corrected chi connectivity index (χ4v) is 4.30. The number of benzene rings is 2. The lowest BCUT2D eigenvalue weighted by molar-refractivity contribution is -0.0494. The molecule has 2 N–H and O–H groups in total. The highest BCUT2D eigenvalue weighted by Gasteiger charge is 2.20. The van der Waals surface area contributed by atoms with Gasteiger partial charge in [0.1, 0.15) is 5.75 Å². The van der Waals surface area contributed by atoms with Gasteiger partial charge < -0.3 is 15.4 Å². The zero-order valence-electron chi connectivity index (χ0n) is 17.8. The van der Waals surface area contributed by atoms with Crippen LogP contribution in [0.3, 0.4) is 0 Å². The minimum atomic E-state index is -2.99. The van der Waals surface area contributed by atoms with Gasteiger partial charge in [0.2, 0.25) is 5.95 Å². The molecule has 1 aliphatic rings. The standard InChI is InChI=1S/C23H23ClF2N6O/c24-14-9-10-17(19(12-14)33-22(25)26)20-30-21-16-7-3-4-8-18(16)29-23(32(21)31-20)28-15-6-2-1-5-11-27-13-15/h3-4,7-10,12,15,22,27H,1-2,5-6,11,13H2,(H,28,29). The summed E-state index contributed by atoms with van der Waals surface area (Å²) in [6, 6.07) is 12.3. The maximum absolute atomic E-state index is 13.0. The van der Waals surface area contributed by atoms with Crippen LogP contribution in [0.2, 0.25) is 5.02 Å². The fourth-order valence-electron chi connectivity index (χ4n) is 4.14. The maximum atomic E-state index is 13.0. The summed E-state index contributed by atoms with van der Waals surface area (Å²) in [4.78, 5) is 9.48. The molecule has 3 heterocycles. The van der Waals surface area contributed by atoms with Crippen LogP contribution in [0, 0.1) is 0 Å². The lowest BCUT2D eigenvalue weighted by atomic mass is 10.1. The predicted molar refractivity (Wildman–Crippen MR) is 124 cm³/mol. The van der Waals surface area contributed by atoms with Crippen LogP contribution in [-0.4, -0.2) is 45.3 Å². The smallest absolute Gasteiger partial charge is 0.387 e. The van der Waals surface area contributed by atoms with Crippen molar-refractivity contribution >= 4 is 34.1 Å². The first-order valence-corrected chi connectivity index (χ1v) is 11.3. The Labute approximate surface area is 194 Å². The van der Waals surface area contributed by atoms with Gasteiger partial charge in [0.05, 0.1) is 11.1 Å². The maximum Gasteiger partial charge on any atom is 0.387 e. The molecule has 0 aliphatic carbocycles. The Morgan fingerprint density at radius 3 is 2.88 bits per heavy atom. The van der Waals surface area contributed by atoms with E-state index in [0.29, 0.717) is 17.2 Å². The Bertz CT molecular complexity index is 1270. The zero-order chi connectivity index (χ0) is 22.8. The van der Waals surface area contributed by atoms with E-state index < -0.39 is 6.61 Å². The van der Waals surface area contributed by atoms with E-state index in [9.17, 15) is 8.78 Å². The van der Waals surface area contributed by atoms with E-state index in [0.717, 1.165) is 36.8 Å². The van der Waals surface area contributed by atoms with Crippen molar-refractivity contribution in [3.63, 3.8) is 0 Å². The number of hydrogen-bond acceptors (Lipinski definition) is 6. The molecular formula is C23H23ClF2N6O. The van der Waals surface area contributed by atoms with E-state index in [4.69, 9.17) is 21.3 Å². The van der Waals surface area contributed by atoms with Crippen molar-refractivity contribution in [3.05, 3.63) is 47.5 Å². The quantitative estimate of drug-likeness (QED) is 0.418. The SMILES string of the molecule is FC(F)Oc1cc(Cl)ccc1-c1nc2c3ccccc3nc(NC3CCCCCNC3)n2n1. The normalized spacial score (nSPS) is 17.3. The number of halogens is 3. The molecule has 5 rings (SSSR count). The molecule has 1 fully saturated rings. The van der Waals surface area contributed by atoms with Gasteiger partial charge in [-0.15, -0.1) is 5.10 Å². The number of aromatic nitrogens is 4. The van der Waals surface area contributed by atoms with Crippen LogP contribution in [0.25, 0.3) is 27.9 Å². The van der Waals surface area contributed by atoms with Gasteiger partial charge in [-0.1, -0.05) is 36.6 Å². The average Bonchev–Trinajstić information content (AvgIpc) is 3.21. The van der Waals surface area contributed by atoms with Gasteiger partial charge in [-0.2, -0.15) is 13.3 Å². The summed E-state index contributed by atoms with van der Waals surface area (Å²) in [5.41, 5.74) is 1.67. The second kappa shape index (κ2) is 9.44. The molecule has 1 atom stereocenters. The van der Waals surface area contributed by atoms with Crippen LogP contribution < -0.4 is 15.4 Å². The molecule has 2 aromatic carbocycles. The van der Waals surface area contributed by atoms with E-state index in [-0.39, 0.29) is 22.6 Å². The van der Waals surface area contributed by atoms with Gasteiger partial charge in [0.15, 0.2) is 11.5 Å². The van der Waals surface area contributed by atoms with Gasteiger partial charge in [-0.05, 0) is 49.7 Å². The second-order valence-corrected chi connectivity index (χ2v) is 8.47. The molecule has 1 unspecified atom stereocenters. The Balaban J connectivity index is 1.62. The Kier molecular flexibility index (Phi) is 6.24. The van der Waals surface area contributed by atoms with Crippen molar-refractivity contribution in [2.45, 2.75) is 38.3 Å². The number of alkyl halides is 2. The third kappa shape index (κ3) is 4.69. The summed E-state index contributed by atoms with van der Waals surface area (Å²) >= 11 is 6.01. The van der Waals surface area contributed by atoms with Crippen molar-refractivity contribution in [3.8, 4) is 17.1 Å². The Morgan fingerprint density at radius 2 is 2.00 bits per heavy atom. The minimum Gasteiger partial charge on any atom is -0.434 e. The number of nitrogens with zero attached hydrogens (tertiary/aromatic N) is 4. The van der Waals surface area contributed by atoms with Gasteiger partial charge in [-0.25, -0.2) is 9.97 Å². The van der Waals surface area contributed by atoms with Crippen molar-refractivity contribution in [1.82, 2.24) is 24.9 Å². The fraction of sp³-hybridized carbons (Fsp3) is 0.348. The van der Waals surface area contributed by atoms with Crippen LogP contribution in [0.5, 0.6) is 5.75 Å². The molecular weight excluding hydrogens is 450 g/mol. The topological polar surface area (TPSA) is 76.4 Å². The van der Waals surface area contributed by atoms with Crippen LogP contribution in [0.4, 0.5) is 14.7 Å². The second-order valence-electron chi connectivity index (χ2n) is 8.04. The molecule has 4 aromatic rings. The van der Waals surface area contributed by atoms with Crippen LogP contribution >= 0.6 is 11.6 Å². The highest BCUT2D eigenvalue weighted by Crippen LogP contribution is 2.33. The van der Waals surface area contributed by atoms with E-state index in [1.54, 1.807) is 16.6 Å². The van der Waals surface area contributed by atoms with E-state index in [1.807, 2.05) is 24.3 Å². The molecule has 172 valence electrons. The first-order valence-electron chi connectivity index (χ1n) is 11.0. The van der Waals surface area contributed by atoms with Crippen molar-refractivity contribution in [1.29, 1.82) is 0 Å². The van der Waals surface area contributed by atoms with Crippen LogP contribution in [-0.2, 0) is 0 Å². The summed E-state index contributed by atoms with van der Waals surface area (Å²) < 4.78 is 32.4. The molecule has 0 saturated carbocycles. The average molecular weight is 473 g/mol. The number of para-hydroxylation sites is 1. The van der Waals surface area contributed by atoms with Crippen LogP contribution in [0.1, 0.15) is 25.7 Å². The van der Waals surface area contributed by atoms with Gasteiger partial charge in [-0.3, -0.25) is 0 Å². The summed E-state index contributed by atoms with van der Waals surface area (Å²) in [5, 5.41) is 12.7. The summed E-state index contributed by atoms with van der Waals surface area (Å²) in [6.07, 6.45) is 4.51. The highest BCUT2D eigenvalue weighted by atomic mass is 35.5. The molecule has 1 aliphatic heterocycles. The van der Waals surface area contributed by atoms with E-state index >= 15 is 0 Å². The monoisotopic (exact) mass is 472 g/mol. The first-order chi connectivity index (χ1) is 16.1. The van der Waals surface area contributed by atoms with Gasteiger partial charge >= 0.3 is 6.61 Å². The molecule has 0 radical (unpaired) electrons. The molecule has 1 saturated heterocycles. The molecule has 2 aromatic heterocycles. The number of anilines is 1. The largest absolute Gasteiger partial charge is 0.434 e. The van der Waals surface area contributed by atoms with E-state index in [2.05, 4.69) is 20.7 Å². The molecule has 10 heteroatoms. The van der Waals surface area contributed by atoms with Crippen molar-refractivity contribution in [2.75, 3.05) is 18.4 Å². The molecule has 33 heavy (non-hydrogen) atoms. The van der Waals surface area contributed by atoms with Gasteiger partial charge in [0, 0.05) is 23.0 Å². The van der Waals surface area contributed by atoms with Crippen molar-refractivity contribution in [2.24, 2.45) is 0 Å². The highest BCUT2D eigenvalue weighted by molar-refractivity contribution is 6.30. The lowest BCUT2D eigenvalue weighted by Crippen LogP contribution is -2.35. The van der Waals surface area contributed by atoms with E-state index in [1.165, 1.54) is 18.9 Å². The third-order valence-electron chi connectivity index (χ3n) is 5.71. The van der Waals surface area contributed by atoms with Crippen LogP contribution in [0.15, 0.2) is 42.5 Å². The number of hydrogen-bond donors (Lipinski definition) is 2. The molecule has 0 amide bonds. The Morgan fingerprint density at radius 1 is 1.12 bits per heavy atom. The summed E-state index contributed by atoms with van der Waals surface area (Å²) in [6.45, 7) is -1.18. The number of rotatable bonds is 5. The third-order valence-corrected chi connectivity index (χ3v) is 5.94. The first kappa shape index (κ1) is 21.8. The van der Waals surface area contributed by atoms with Gasteiger partial charge in [0.25, 0.3) is 0 Å². The molecule has 0 bridgehead atoms. The lowest BCUT2D eigenvalue weighted by Gasteiger charge is -2.22. The number of ether oxygens (including phenoxy) is 1. The summed E-state index contributed by atoms with van der Waals surface area (Å²) in [7, 11) is 0. The number of fused-ring (bicyclic) bond motifs is 3. The summed E-state index contributed by atoms with van der Waals surface area (Å²) in [5.74, 6) is 0.726. The predicted octanol–water partition coefficient (Wildman–Crippen LogP) is 5.14. The Hall–Kier alpha value is -3.04. The van der Waals surface area contributed by atoms with Crippen molar-refractivity contribution < 1.29 is 13.5 Å². The zero-order valence-corrected chi connectivity index (χ0v) is 18.5. The molecule has 0 spiro atoms.